The molecule has 108 valence electrons. The Morgan fingerprint density at radius 2 is 2.25 bits per heavy atom. The zero-order valence-electron chi connectivity index (χ0n) is 11.7. The third kappa shape index (κ3) is 3.01. The molecule has 0 fully saturated rings. The van der Waals surface area contributed by atoms with Gasteiger partial charge in [0.15, 0.2) is 11.2 Å². The number of amides is 1. The number of fused-ring (bicyclic) bond motifs is 1. The van der Waals surface area contributed by atoms with Gasteiger partial charge in [0.25, 0.3) is 5.91 Å². The second kappa shape index (κ2) is 6.56. The van der Waals surface area contributed by atoms with Crippen molar-refractivity contribution in [3.8, 4) is 5.75 Å². The molecule has 0 aromatic heterocycles. The highest BCUT2D eigenvalue weighted by Gasteiger charge is 2.31. The van der Waals surface area contributed by atoms with E-state index in [-0.39, 0.29) is 5.91 Å². The Kier molecular flexibility index (Phi) is 4.79. The zero-order valence-corrected chi connectivity index (χ0v) is 12.5. The standard InChI is InChI=1S/C14H19N3O2S/c1-3-8-16-13(18)12-9-17(14(20)15-2)10-6-4-5-7-11(10)19-12/h4-7,12H,3,8-9H2,1-2H3,(H,15,20)(H,16,18)/t12-/m1/s1. The highest BCUT2D eigenvalue weighted by atomic mass is 32.1. The number of carbonyl (C=O) groups excluding carboxylic acids is 1. The van der Waals surface area contributed by atoms with Crippen LogP contribution in [-0.4, -0.2) is 37.3 Å². The summed E-state index contributed by atoms with van der Waals surface area (Å²) in [6.45, 7) is 3.07. The maximum absolute atomic E-state index is 12.1. The number of thiocarbonyl (C=S) groups is 1. The van der Waals surface area contributed by atoms with Gasteiger partial charge in [0.2, 0.25) is 0 Å². The maximum atomic E-state index is 12.1. The van der Waals surface area contributed by atoms with Gasteiger partial charge in [-0.05, 0) is 30.8 Å². The van der Waals surface area contributed by atoms with Gasteiger partial charge < -0.3 is 20.3 Å². The van der Waals surface area contributed by atoms with E-state index in [1.54, 1.807) is 7.05 Å². The molecule has 0 radical (unpaired) electrons. The number of rotatable bonds is 3. The molecule has 1 atom stereocenters. The minimum atomic E-state index is -0.553. The molecule has 1 aromatic rings. The van der Waals surface area contributed by atoms with Crippen molar-refractivity contribution < 1.29 is 9.53 Å². The first-order valence-electron chi connectivity index (χ1n) is 6.70. The number of nitrogens with zero attached hydrogens (tertiary/aromatic N) is 1. The molecule has 0 saturated heterocycles. The van der Waals surface area contributed by atoms with Crippen LogP contribution in [0, 0.1) is 0 Å². The minimum Gasteiger partial charge on any atom is -0.477 e. The lowest BCUT2D eigenvalue weighted by Crippen LogP contribution is -2.52. The summed E-state index contributed by atoms with van der Waals surface area (Å²) < 4.78 is 5.77. The molecule has 2 N–H and O–H groups in total. The van der Waals surface area contributed by atoms with Crippen LogP contribution < -0.4 is 20.3 Å². The van der Waals surface area contributed by atoms with Crippen LogP contribution in [-0.2, 0) is 4.79 Å². The van der Waals surface area contributed by atoms with Gasteiger partial charge in [-0.2, -0.15) is 0 Å². The van der Waals surface area contributed by atoms with Gasteiger partial charge in [-0.3, -0.25) is 4.79 Å². The van der Waals surface area contributed by atoms with Gasteiger partial charge in [0.05, 0.1) is 12.2 Å². The number of para-hydroxylation sites is 2. The number of ether oxygens (including phenoxy) is 1. The molecule has 1 aromatic carbocycles. The van der Waals surface area contributed by atoms with Crippen molar-refractivity contribution >= 4 is 28.9 Å². The highest BCUT2D eigenvalue weighted by molar-refractivity contribution is 7.80. The summed E-state index contributed by atoms with van der Waals surface area (Å²) in [5.41, 5.74) is 0.881. The SMILES string of the molecule is CCCNC(=O)[C@H]1CN(C(=S)NC)c2ccccc2O1. The van der Waals surface area contributed by atoms with Crippen LogP contribution in [0.1, 0.15) is 13.3 Å². The highest BCUT2D eigenvalue weighted by Crippen LogP contribution is 2.33. The molecule has 0 bridgehead atoms. The Morgan fingerprint density at radius 1 is 1.50 bits per heavy atom. The normalized spacial score (nSPS) is 16.9. The van der Waals surface area contributed by atoms with Gasteiger partial charge in [-0.15, -0.1) is 0 Å². The third-order valence-electron chi connectivity index (χ3n) is 3.07. The Bertz CT molecular complexity index is 507. The van der Waals surface area contributed by atoms with E-state index >= 15 is 0 Å². The number of hydrogen-bond acceptors (Lipinski definition) is 3. The Balaban J connectivity index is 2.22. The topological polar surface area (TPSA) is 53.6 Å². The largest absolute Gasteiger partial charge is 0.477 e. The van der Waals surface area contributed by atoms with Crippen LogP contribution >= 0.6 is 12.2 Å². The first kappa shape index (κ1) is 14.6. The summed E-state index contributed by atoms with van der Waals surface area (Å²) in [6.07, 6.45) is 0.344. The molecular formula is C14H19N3O2S. The van der Waals surface area contributed by atoms with Crippen molar-refractivity contribution in [1.82, 2.24) is 10.6 Å². The number of benzene rings is 1. The van der Waals surface area contributed by atoms with Crippen molar-refractivity contribution in [2.75, 3.05) is 25.0 Å². The van der Waals surface area contributed by atoms with E-state index < -0.39 is 6.10 Å². The summed E-state index contributed by atoms with van der Waals surface area (Å²) in [4.78, 5) is 14.0. The lowest BCUT2D eigenvalue weighted by Gasteiger charge is -2.35. The van der Waals surface area contributed by atoms with E-state index in [4.69, 9.17) is 17.0 Å². The van der Waals surface area contributed by atoms with Crippen molar-refractivity contribution in [1.29, 1.82) is 0 Å². The van der Waals surface area contributed by atoms with Crippen LogP contribution in [0.25, 0.3) is 0 Å². The van der Waals surface area contributed by atoms with Crippen molar-refractivity contribution in [2.24, 2.45) is 0 Å². The van der Waals surface area contributed by atoms with E-state index in [0.29, 0.717) is 24.0 Å². The van der Waals surface area contributed by atoms with Gasteiger partial charge in [0.1, 0.15) is 5.75 Å². The fourth-order valence-corrected chi connectivity index (χ4v) is 2.23. The molecule has 0 saturated carbocycles. The van der Waals surface area contributed by atoms with Crippen LogP contribution in [0.3, 0.4) is 0 Å². The molecule has 0 unspecified atom stereocenters. The number of carbonyl (C=O) groups is 1. The van der Waals surface area contributed by atoms with Crippen LogP contribution in [0.5, 0.6) is 5.75 Å². The molecular weight excluding hydrogens is 274 g/mol. The molecule has 2 rings (SSSR count). The monoisotopic (exact) mass is 293 g/mol. The van der Waals surface area contributed by atoms with Gasteiger partial charge >= 0.3 is 0 Å². The lowest BCUT2D eigenvalue weighted by molar-refractivity contribution is -0.127. The van der Waals surface area contributed by atoms with Crippen molar-refractivity contribution in [3.63, 3.8) is 0 Å². The average molecular weight is 293 g/mol. The van der Waals surface area contributed by atoms with E-state index in [2.05, 4.69) is 10.6 Å². The summed E-state index contributed by atoms with van der Waals surface area (Å²) in [6, 6.07) is 7.58. The van der Waals surface area contributed by atoms with E-state index in [1.807, 2.05) is 36.1 Å². The van der Waals surface area contributed by atoms with Crippen molar-refractivity contribution in [3.05, 3.63) is 24.3 Å². The molecule has 0 spiro atoms. The minimum absolute atomic E-state index is 0.106. The van der Waals surface area contributed by atoms with Crippen LogP contribution in [0.2, 0.25) is 0 Å². The Morgan fingerprint density at radius 3 is 2.95 bits per heavy atom. The van der Waals surface area contributed by atoms with Crippen molar-refractivity contribution in [2.45, 2.75) is 19.4 Å². The molecule has 5 nitrogen and oxygen atoms in total. The number of hydrogen-bond donors (Lipinski definition) is 2. The first-order valence-corrected chi connectivity index (χ1v) is 7.10. The molecule has 20 heavy (non-hydrogen) atoms. The Labute approximate surface area is 124 Å². The second-order valence-corrected chi connectivity index (χ2v) is 4.92. The summed E-state index contributed by atoms with van der Waals surface area (Å²) in [5, 5.41) is 6.38. The molecule has 1 aliphatic rings. The Hall–Kier alpha value is -1.82. The van der Waals surface area contributed by atoms with E-state index in [0.717, 1.165) is 12.1 Å². The summed E-state index contributed by atoms with van der Waals surface area (Å²) in [5.74, 6) is 0.568. The first-order chi connectivity index (χ1) is 9.67. The number of anilines is 1. The molecule has 1 amide bonds. The predicted molar refractivity (Wildman–Crippen MR) is 83.2 cm³/mol. The number of nitrogens with one attached hydrogen (secondary N) is 2. The van der Waals surface area contributed by atoms with Gasteiger partial charge in [-0.25, -0.2) is 0 Å². The van der Waals surface area contributed by atoms with E-state index in [1.165, 1.54) is 0 Å². The predicted octanol–water partition coefficient (Wildman–Crippen LogP) is 1.28. The van der Waals surface area contributed by atoms with Crippen LogP contribution in [0.15, 0.2) is 24.3 Å². The summed E-state index contributed by atoms with van der Waals surface area (Å²) in [7, 11) is 1.77. The van der Waals surface area contributed by atoms with E-state index in [9.17, 15) is 4.79 Å². The fraction of sp³-hybridized carbons (Fsp3) is 0.429. The zero-order chi connectivity index (χ0) is 14.5. The molecule has 1 aliphatic heterocycles. The second-order valence-electron chi connectivity index (χ2n) is 4.53. The smallest absolute Gasteiger partial charge is 0.262 e. The molecule has 6 heteroatoms. The third-order valence-corrected chi connectivity index (χ3v) is 3.50. The average Bonchev–Trinajstić information content (AvgIpc) is 2.50. The fourth-order valence-electron chi connectivity index (χ4n) is 2.06. The summed E-state index contributed by atoms with van der Waals surface area (Å²) >= 11 is 5.31. The molecule has 0 aliphatic carbocycles. The van der Waals surface area contributed by atoms with Gasteiger partial charge in [0, 0.05) is 13.6 Å². The quantitative estimate of drug-likeness (QED) is 0.822. The lowest BCUT2D eigenvalue weighted by atomic mass is 10.2. The van der Waals surface area contributed by atoms with Gasteiger partial charge in [-0.1, -0.05) is 19.1 Å². The van der Waals surface area contributed by atoms with Crippen LogP contribution in [0.4, 0.5) is 5.69 Å². The maximum Gasteiger partial charge on any atom is 0.262 e. The molecule has 1 heterocycles.